The standard InChI is InChI=1S/C18H17BrN2O2.ClH/c1-23-11-3-4-15-13(9-11)12-6-7-20-17(18(12)21-15)14-8-10(19)2-5-16(14)22;/h2-5,8-9,17,20-22H,6-7H2,1H3;1H. The first kappa shape index (κ1) is 17.1. The van der Waals surface area contributed by atoms with E-state index in [-0.39, 0.29) is 18.4 Å². The molecule has 2 heterocycles. The molecule has 2 aromatic carbocycles. The fourth-order valence-electron chi connectivity index (χ4n) is 3.48. The van der Waals surface area contributed by atoms with Crippen molar-refractivity contribution in [1.29, 1.82) is 0 Å². The second-order valence-electron chi connectivity index (χ2n) is 5.88. The largest absolute Gasteiger partial charge is 1.00 e. The number of aromatic nitrogens is 1. The maximum atomic E-state index is 10.3. The van der Waals surface area contributed by atoms with E-state index in [9.17, 15) is 5.11 Å². The second-order valence-corrected chi connectivity index (χ2v) is 6.80. The number of nitrogens with two attached hydrogens (primary N) is 1. The topological polar surface area (TPSA) is 61.9 Å². The van der Waals surface area contributed by atoms with Crippen LogP contribution < -0.4 is 22.5 Å². The average molecular weight is 410 g/mol. The number of phenols is 1. The lowest BCUT2D eigenvalue weighted by molar-refractivity contribution is -0.690. The van der Waals surface area contributed by atoms with Crippen molar-refractivity contribution in [3.63, 3.8) is 0 Å². The molecule has 24 heavy (non-hydrogen) atoms. The first-order valence-corrected chi connectivity index (χ1v) is 8.47. The van der Waals surface area contributed by atoms with Crippen molar-refractivity contribution in [1.82, 2.24) is 4.98 Å². The van der Waals surface area contributed by atoms with Crippen LogP contribution in [-0.2, 0) is 6.42 Å². The summed E-state index contributed by atoms with van der Waals surface area (Å²) in [5.41, 5.74) is 4.54. The molecule has 0 spiro atoms. The van der Waals surface area contributed by atoms with E-state index in [0.717, 1.165) is 34.3 Å². The predicted molar refractivity (Wildman–Crippen MR) is 93.0 cm³/mol. The normalized spacial score (nSPS) is 16.5. The summed E-state index contributed by atoms with van der Waals surface area (Å²) in [6.45, 7) is 0.994. The van der Waals surface area contributed by atoms with E-state index in [1.807, 2.05) is 18.2 Å². The number of quaternary nitrogens is 1. The molecule has 0 amide bonds. The number of ether oxygens (including phenoxy) is 1. The van der Waals surface area contributed by atoms with Crippen LogP contribution in [0.15, 0.2) is 40.9 Å². The Balaban J connectivity index is 0.00000169. The molecular weight excluding hydrogens is 392 g/mol. The van der Waals surface area contributed by atoms with Gasteiger partial charge in [-0.2, -0.15) is 0 Å². The number of benzene rings is 2. The first-order chi connectivity index (χ1) is 11.2. The van der Waals surface area contributed by atoms with Crippen molar-refractivity contribution >= 4 is 26.8 Å². The van der Waals surface area contributed by atoms with Crippen LogP contribution in [0.4, 0.5) is 0 Å². The van der Waals surface area contributed by atoms with Gasteiger partial charge in [-0.3, -0.25) is 0 Å². The van der Waals surface area contributed by atoms with Crippen LogP contribution in [0.3, 0.4) is 0 Å². The minimum atomic E-state index is 0. The lowest BCUT2D eigenvalue weighted by Gasteiger charge is -2.22. The third kappa shape index (κ3) is 2.77. The number of hydrogen-bond donors (Lipinski definition) is 3. The van der Waals surface area contributed by atoms with Crippen molar-refractivity contribution in [3.05, 3.63) is 57.7 Å². The summed E-state index contributed by atoms with van der Waals surface area (Å²) in [4.78, 5) is 3.55. The van der Waals surface area contributed by atoms with Crippen molar-refractivity contribution in [2.75, 3.05) is 13.7 Å². The number of methoxy groups -OCH3 is 1. The van der Waals surface area contributed by atoms with Crippen LogP contribution in [0.5, 0.6) is 11.5 Å². The van der Waals surface area contributed by atoms with Crippen molar-refractivity contribution in [2.45, 2.75) is 12.5 Å². The van der Waals surface area contributed by atoms with E-state index in [4.69, 9.17) is 4.74 Å². The van der Waals surface area contributed by atoms with Crippen molar-refractivity contribution in [3.8, 4) is 11.5 Å². The zero-order chi connectivity index (χ0) is 16.0. The number of rotatable bonds is 2. The summed E-state index contributed by atoms with van der Waals surface area (Å²) in [5.74, 6) is 1.20. The Morgan fingerprint density at radius 1 is 1.25 bits per heavy atom. The molecule has 1 unspecified atom stereocenters. The Hall–Kier alpha value is -1.69. The van der Waals surface area contributed by atoms with Gasteiger partial charge in [0.2, 0.25) is 0 Å². The SMILES string of the molecule is COc1ccc2[nH]c3c(c2c1)CC[NH2+]C3c1cc(Br)ccc1O.[Cl-]. The summed E-state index contributed by atoms with van der Waals surface area (Å²) >= 11 is 3.50. The van der Waals surface area contributed by atoms with E-state index in [1.165, 1.54) is 16.6 Å². The molecule has 4 nitrogen and oxygen atoms in total. The van der Waals surface area contributed by atoms with Crippen LogP contribution >= 0.6 is 15.9 Å². The molecule has 6 heteroatoms. The Bertz CT molecular complexity index is 894. The van der Waals surface area contributed by atoms with Crippen LogP contribution in [0.1, 0.15) is 22.9 Å². The summed E-state index contributed by atoms with van der Waals surface area (Å²) in [5, 5.41) is 13.8. The number of aromatic amines is 1. The van der Waals surface area contributed by atoms with Gasteiger partial charge in [0.15, 0.2) is 6.04 Å². The van der Waals surface area contributed by atoms with E-state index in [2.05, 4.69) is 38.4 Å². The van der Waals surface area contributed by atoms with E-state index >= 15 is 0 Å². The Morgan fingerprint density at radius 2 is 2.08 bits per heavy atom. The highest BCUT2D eigenvalue weighted by Crippen LogP contribution is 2.36. The number of phenolic OH excluding ortho intramolecular Hbond substituents is 1. The monoisotopic (exact) mass is 408 g/mol. The summed E-state index contributed by atoms with van der Waals surface area (Å²) in [6.07, 6.45) is 1.01. The van der Waals surface area contributed by atoms with Crippen LogP contribution in [0, 0.1) is 0 Å². The maximum absolute atomic E-state index is 10.3. The number of nitrogens with one attached hydrogen (secondary N) is 1. The number of hydrogen-bond acceptors (Lipinski definition) is 2. The smallest absolute Gasteiger partial charge is 0.156 e. The predicted octanol–water partition coefficient (Wildman–Crippen LogP) is -0.142. The molecule has 3 aromatic rings. The number of aromatic hydroxyl groups is 1. The number of halogens is 2. The Labute approximate surface area is 154 Å². The third-order valence-electron chi connectivity index (χ3n) is 4.58. The zero-order valence-corrected chi connectivity index (χ0v) is 15.5. The van der Waals surface area contributed by atoms with Gasteiger partial charge in [0.25, 0.3) is 0 Å². The molecule has 0 saturated carbocycles. The van der Waals surface area contributed by atoms with Crippen LogP contribution in [-0.4, -0.2) is 23.7 Å². The fourth-order valence-corrected chi connectivity index (χ4v) is 3.86. The van der Waals surface area contributed by atoms with E-state index in [0.29, 0.717) is 5.75 Å². The lowest BCUT2D eigenvalue weighted by Crippen LogP contribution is -3.00. The molecule has 1 aromatic heterocycles. The average Bonchev–Trinajstić information content (AvgIpc) is 2.95. The van der Waals surface area contributed by atoms with Crippen molar-refractivity contribution in [2.24, 2.45) is 0 Å². The molecule has 1 atom stereocenters. The zero-order valence-electron chi connectivity index (χ0n) is 13.1. The lowest BCUT2D eigenvalue weighted by atomic mass is 9.94. The Kier molecular flexibility index (Phi) is 4.76. The van der Waals surface area contributed by atoms with Gasteiger partial charge < -0.3 is 32.6 Å². The van der Waals surface area contributed by atoms with Crippen LogP contribution in [0.25, 0.3) is 10.9 Å². The number of H-pyrrole nitrogens is 1. The molecule has 0 saturated heterocycles. The van der Waals surface area contributed by atoms with Gasteiger partial charge in [-0.05, 0) is 42.0 Å². The van der Waals surface area contributed by atoms with Crippen LogP contribution in [0.2, 0.25) is 0 Å². The van der Waals surface area contributed by atoms with Gasteiger partial charge in [-0.25, -0.2) is 0 Å². The van der Waals surface area contributed by atoms with Gasteiger partial charge in [-0.1, -0.05) is 15.9 Å². The number of fused-ring (bicyclic) bond motifs is 3. The van der Waals surface area contributed by atoms with Gasteiger partial charge in [-0.15, -0.1) is 0 Å². The second kappa shape index (κ2) is 6.67. The molecule has 1 aliphatic rings. The third-order valence-corrected chi connectivity index (χ3v) is 5.07. The summed E-state index contributed by atoms with van der Waals surface area (Å²) in [6, 6.07) is 11.8. The van der Waals surface area contributed by atoms with Gasteiger partial charge in [0, 0.05) is 21.8 Å². The van der Waals surface area contributed by atoms with Gasteiger partial charge in [0.05, 0.1) is 24.9 Å². The molecular formula is C18H18BrClN2O2. The quantitative estimate of drug-likeness (QED) is 0.552. The first-order valence-electron chi connectivity index (χ1n) is 7.67. The minimum Gasteiger partial charge on any atom is -1.00 e. The van der Waals surface area contributed by atoms with Gasteiger partial charge >= 0.3 is 0 Å². The molecule has 126 valence electrons. The Morgan fingerprint density at radius 3 is 2.88 bits per heavy atom. The molecule has 0 aliphatic carbocycles. The molecule has 0 bridgehead atoms. The van der Waals surface area contributed by atoms with E-state index < -0.39 is 0 Å². The van der Waals surface area contributed by atoms with Crippen molar-refractivity contribution < 1.29 is 27.6 Å². The molecule has 1 aliphatic heterocycles. The molecule has 4 N–H and O–H groups in total. The highest BCUT2D eigenvalue weighted by Gasteiger charge is 2.30. The summed E-state index contributed by atoms with van der Waals surface area (Å²) in [7, 11) is 1.69. The highest BCUT2D eigenvalue weighted by molar-refractivity contribution is 9.10. The highest BCUT2D eigenvalue weighted by atomic mass is 79.9. The summed E-state index contributed by atoms with van der Waals surface area (Å²) < 4.78 is 6.34. The maximum Gasteiger partial charge on any atom is 0.156 e. The minimum absolute atomic E-state index is 0. The molecule has 0 fully saturated rings. The van der Waals surface area contributed by atoms with E-state index in [1.54, 1.807) is 13.2 Å². The van der Waals surface area contributed by atoms with Gasteiger partial charge in [0.1, 0.15) is 11.5 Å². The fraction of sp³-hybridized carbons (Fsp3) is 0.222. The molecule has 4 rings (SSSR count). The molecule has 0 radical (unpaired) electrons.